The molecule has 0 spiro atoms. The van der Waals surface area contributed by atoms with Crippen LogP contribution in [0, 0.1) is 6.92 Å². The number of hydrogen-bond acceptors (Lipinski definition) is 2. The van der Waals surface area contributed by atoms with Gasteiger partial charge in [0, 0.05) is 6.42 Å². The number of hydrogen-bond donors (Lipinski definition) is 0. The standard InChI is InChI=1S/C13H15Cl3O2/c1-9-4-2-3-5-10(9)7-17-11-6-12(18-8-11)13(14,15)16/h2-5,11-12H,6-8H2,1H3. The van der Waals surface area contributed by atoms with Crippen LogP contribution < -0.4 is 0 Å². The highest BCUT2D eigenvalue weighted by Crippen LogP contribution is 2.38. The first-order valence-electron chi connectivity index (χ1n) is 5.81. The number of aryl methyl sites for hydroxylation is 1. The van der Waals surface area contributed by atoms with Crippen molar-refractivity contribution >= 4 is 34.8 Å². The molecule has 1 aromatic rings. The third-order valence-electron chi connectivity index (χ3n) is 3.06. The van der Waals surface area contributed by atoms with Gasteiger partial charge in [0.25, 0.3) is 0 Å². The zero-order valence-corrected chi connectivity index (χ0v) is 12.3. The Bertz CT molecular complexity index is 403. The number of rotatable bonds is 3. The SMILES string of the molecule is Cc1ccccc1COC1COC(C(Cl)(Cl)Cl)C1. The van der Waals surface area contributed by atoms with Crippen LogP contribution >= 0.6 is 34.8 Å². The van der Waals surface area contributed by atoms with Crippen LogP contribution in [0.4, 0.5) is 0 Å². The lowest BCUT2D eigenvalue weighted by atomic mass is 10.1. The molecule has 1 fully saturated rings. The first-order chi connectivity index (χ1) is 8.47. The minimum atomic E-state index is -1.37. The van der Waals surface area contributed by atoms with Crippen LogP contribution in [-0.4, -0.2) is 22.6 Å². The van der Waals surface area contributed by atoms with E-state index in [-0.39, 0.29) is 12.2 Å². The van der Waals surface area contributed by atoms with Gasteiger partial charge in [0.1, 0.15) is 6.10 Å². The molecule has 2 nitrogen and oxygen atoms in total. The molecule has 0 aliphatic carbocycles. The number of halogens is 3. The fourth-order valence-corrected chi connectivity index (χ4v) is 2.38. The Kier molecular flexibility index (Phi) is 4.79. The molecule has 2 unspecified atom stereocenters. The van der Waals surface area contributed by atoms with Crippen LogP contribution in [-0.2, 0) is 16.1 Å². The molecule has 0 bridgehead atoms. The summed E-state index contributed by atoms with van der Waals surface area (Å²) in [6, 6.07) is 8.13. The summed E-state index contributed by atoms with van der Waals surface area (Å²) in [5, 5.41) is 0. The average Bonchev–Trinajstić information content (AvgIpc) is 2.76. The van der Waals surface area contributed by atoms with Crippen molar-refractivity contribution in [3.05, 3.63) is 35.4 Å². The molecular formula is C13H15Cl3O2. The van der Waals surface area contributed by atoms with E-state index in [1.165, 1.54) is 11.1 Å². The van der Waals surface area contributed by atoms with Gasteiger partial charge in [0.05, 0.1) is 19.3 Å². The van der Waals surface area contributed by atoms with Crippen molar-refractivity contribution in [1.82, 2.24) is 0 Å². The number of ether oxygens (including phenoxy) is 2. The van der Waals surface area contributed by atoms with Gasteiger partial charge in [0.2, 0.25) is 3.79 Å². The monoisotopic (exact) mass is 308 g/mol. The van der Waals surface area contributed by atoms with Gasteiger partial charge in [-0.1, -0.05) is 59.1 Å². The second kappa shape index (κ2) is 5.98. The first-order valence-corrected chi connectivity index (χ1v) is 6.94. The van der Waals surface area contributed by atoms with E-state index < -0.39 is 3.79 Å². The number of alkyl halides is 3. The van der Waals surface area contributed by atoms with E-state index in [4.69, 9.17) is 44.3 Å². The van der Waals surface area contributed by atoms with Gasteiger partial charge in [-0.2, -0.15) is 0 Å². The second-order valence-corrected chi connectivity index (χ2v) is 6.83. The second-order valence-electron chi connectivity index (χ2n) is 4.46. The van der Waals surface area contributed by atoms with E-state index in [1.807, 2.05) is 12.1 Å². The Morgan fingerprint density at radius 3 is 2.67 bits per heavy atom. The molecule has 5 heteroatoms. The van der Waals surface area contributed by atoms with E-state index in [2.05, 4.69) is 19.1 Å². The molecule has 100 valence electrons. The summed E-state index contributed by atoms with van der Waals surface area (Å²) in [5.74, 6) is 0. The molecule has 2 atom stereocenters. The maximum absolute atomic E-state index is 5.80. The summed E-state index contributed by atoms with van der Waals surface area (Å²) in [6.45, 7) is 3.10. The van der Waals surface area contributed by atoms with Gasteiger partial charge >= 0.3 is 0 Å². The summed E-state index contributed by atoms with van der Waals surface area (Å²) in [7, 11) is 0. The molecule has 0 radical (unpaired) electrons. The van der Waals surface area contributed by atoms with E-state index in [0.29, 0.717) is 19.6 Å². The van der Waals surface area contributed by atoms with Crippen molar-refractivity contribution in [2.45, 2.75) is 36.0 Å². The molecular weight excluding hydrogens is 294 g/mol. The zero-order valence-electron chi connectivity index (χ0n) is 10.0. The van der Waals surface area contributed by atoms with Gasteiger partial charge in [-0.05, 0) is 18.1 Å². The normalized spacial score (nSPS) is 24.4. The molecule has 1 aliphatic rings. The van der Waals surface area contributed by atoms with Crippen LogP contribution in [0.15, 0.2) is 24.3 Å². The Labute approximate surface area is 122 Å². The van der Waals surface area contributed by atoms with E-state index in [1.54, 1.807) is 0 Å². The van der Waals surface area contributed by atoms with Crippen LogP contribution in [0.5, 0.6) is 0 Å². The van der Waals surface area contributed by atoms with Crippen molar-refractivity contribution in [2.75, 3.05) is 6.61 Å². The minimum absolute atomic E-state index is 0.00905. The molecule has 0 aromatic heterocycles. The summed E-state index contributed by atoms with van der Waals surface area (Å²) in [4.78, 5) is 0. The highest BCUT2D eigenvalue weighted by atomic mass is 35.6. The highest BCUT2D eigenvalue weighted by Gasteiger charge is 2.40. The Morgan fingerprint density at radius 2 is 2.06 bits per heavy atom. The number of benzene rings is 1. The van der Waals surface area contributed by atoms with E-state index in [9.17, 15) is 0 Å². The van der Waals surface area contributed by atoms with E-state index >= 15 is 0 Å². The smallest absolute Gasteiger partial charge is 0.216 e. The lowest BCUT2D eigenvalue weighted by Gasteiger charge is -2.18. The molecule has 1 heterocycles. The van der Waals surface area contributed by atoms with Gasteiger partial charge < -0.3 is 9.47 Å². The molecule has 1 saturated heterocycles. The quantitative estimate of drug-likeness (QED) is 0.785. The lowest BCUT2D eigenvalue weighted by molar-refractivity contribution is 0.0276. The fraction of sp³-hybridized carbons (Fsp3) is 0.538. The summed E-state index contributed by atoms with van der Waals surface area (Å²) < 4.78 is 9.85. The maximum atomic E-state index is 5.80. The molecule has 0 amide bonds. The van der Waals surface area contributed by atoms with Crippen molar-refractivity contribution in [3.8, 4) is 0 Å². The van der Waals surface area contributed by atoms with Crippen molar-refractivity contribution < 1.29 is 9.47 Å². The van der Waals surface area contributed by atoms with Gasteiger partial charge in [-0.15, -0.1) is 0 Å². The average molecular weight is 310 g/mol. The Morgan fingerprint density at radius 1 is 1.33 bits per heavy atom. The van der Waals surface area contributed by atoms with Gasteiger partial charge in [-0.3, -0.25) is 0 Å². The van der Waals surface area contributed by atoms with E-state index in [0.717, 1.165) is 0 Å². The topological polar surface area (TPSA) is 18.5 Å². The fourth-order valence-electron chi connectivity index (χ4n) is 1.92. The minimum Gasteiger partial charge on any atom is -0.371 e. The van der Waals surface area contributed by atoms with Crippen molar-refractivity contribution in [3.63, 3.8) is 0 Å². The molecule has 18 heavy (non-hydrogen) atoms. The lowest BCUT2D eigenvalue weighted by Crippen LogP contribution is -2.24. The molecule has 2 rings (SSSR count). The predicted octanol–water partition coefficient (Wildman–Crippen LogP) is 4.04. The summed E-state index contributed by atoms with van der Waals surface area (Å²) in [6.07, 6.45) is 0.220. The largest absolute Gasteiger partial charge is 0.371 e. The third kappa shape index (κ3) is 3.75. The highest BCUT2D eigenvalue weighted by molar-refractivity contribution is 6.68. The maximum Gasteiger partial charge on any atom is 0.216 e. The molecule has 1 aromatic carbocycles. The van der Waals surface area contributed by atoms with Crippen LogP contribution in [0.25, 0.3) is 0 Å². The zero-order chi connectivity index (χ0) is 13.2. The Hall–Kier alpha value is 0.01000. The summed E-state index contributed by atoms with van der Waals surface area (Å²) >= 11 is 17.4. The van der Waals surface area contributed by atoms with Gasteiger partial charge in [-0.25, -0.2) is 0 Å². The summed E-state index contributed by atoms with van der Waals surface area (Å²) in [5.41, 5.74) is 2.39. The molecule has 1 aliphatic heterocycles. The predicted molar refractivity (Wildman–Crippen MR) is 74.4 cm³/mol. The third-order valence-corrected chi connectivity index (χ3v) is 3.79. The van der Waals surface area contributed by atoms with Crippen LogP contribution in [0.2, 0.25) is 0 Å². The van der Waals surface area contributed by atoms with Crippen LogP contribution in [0.1, 0.15) is 17.5 Å². The Balaban J connectivity index is 1.84. The van der Waals surface area contributed by atoms with Crippen molar-refractivity contribution in [1.29, 1.82) is 0 Å². The van der Waals surface area contributed by atoms with Crippen LogP contribution in [0.3, 0.4) is 0 Å². The van der Waals surface area contributed by atoms with Gasteiger partial charge in [0.15, 0.2) is 0 Å². The first kappa shape index (κ1) is 14.4. The molecule has 0 saturated carbocycles. The van der Waals surface area contributed by atoms with Crippen molar-refractivity contribution in [2.24, 2.45) is 0 Å². The molecule has 0 N–H and O–H groups in total.